The van der Waals surface area contributed by atoms with Gasteiger partial charge in [-0.15, -0.1) is 0 Å². The SMILES string of the molecule is c1ccc2nc(OC3CCNCC3)cnc2c1. The van der Waals surface area contributed by atoms with E-state index in [2.05, 4.69) is 15.3 Å². The van der Waals surface area contributed by atoms with Gasteiger partial charge in [-0.2, -0.15) is 0 Å². The molecule has 1 saturated heterocycles. The maximum Gasteiger partial charge on any atom is 0.233 e. The number of hydrogen-bond acceptors (Lipinski definition) is 4. The highest BCUT2D eigenvalue weighted by atomic mass is 16.5. The summed E-state index contributed by atoms with van der Waals surface area (Å²) in [4.78, 5) is 8.81. The number of para-hydroxylation sites is 2. The minimum Gasteiger partial charge on any atom is -0.473 e. The second kappa shape index (κ2) is 4.67. The molecular weight excluding hydrogens is 214 g/mol. The van der Waals surface area contributed by atoms with Gasteiger partial charge in [0.15, 0.2) is 0 Å². The summed E-state index contributed by atoms with van der Waals surface area (Å²) in [6.45, 7) is 2.04. The summed E-state index contributed by atoms with van der Waals surface area (Å²) in [5.41, 5.74) is 1.80. The van der Waals surface area contributed by atoms with E-state index >= 15 is 0 Å². The minimum absolute atomic E-state index is 0.270. The maximum atomic E-state index is 5.85. The Hall–Kier alpha value is -1.68. The van der Waals surface area contributed by atoms with Crippen molar-refractivity contribution in [3.63, 3.8) is 0 Å². The number of hydrogen-bond donors (Lipinski definition) is 1. The smallest absolute Gasteiger partial charge is 0.233 e. The molecule has 0 unspecified atom stereocenters. The Kier molecular flexibility index (Phi) is 2.88. The van der Waals surface area contributed by atoms with Crippen molar-refractivity contribution in [3.8, 4) is 5.88 Å². The van der Waals surface area contributed by atoms with Gasteiger partial charge in [-0.1, -0.05) is 12.1 Å². The second-order valence-electron chi connectivity index (χ2n) is 4.26. The monoisotopic (exact) mass is 229 g/mol. The molecule has 0 atom stereocenters. The molecule has 4 nitrogen and oxygen atoms in total. The first-order valence-corrected chi connectivity index (χ1v) is 6.01. The number of rotatable bonds is 2. The largest absolute Gasteiger partial charge is 0.473 e. The Balaban J connectivity index is 1.80. The molecule has 3 rings (SSSR count). The summed E-state index contributed by atoms with van der Waals surface area (Å²) >= 11 is 0. The molecule has 4 heteroatoms. The third-order valence-corrected chi connectivity index (χ3v) is 3.00. The second-order valence-corrected chi connectivity index (χ2v) is 4.26. The normalized spacial score (nSPS) is 17.2. The number of ether oxygens (including phenoxy) is 1. The van der Waals surface area contributed by atoms with Crippen LogP contribution in [0.3, 0.4) is 0 Å². The van der Waals surface area contributed by atoms with Gasteiger partial charge in [0.05, 0.1) is 17.2 Å². The predicted octanol–water partition coefficient (Wildman–Crippen LogP) is 1.76. The van der Waals surface area contributed by atoms with Crippen LogP contribution in [0.2, 0.25) is 0 Å². The number of aromatic nitrogens is 2. The van der Waals surface area contributed by atoms with Gasteiger partial charge in [-0.05, 0) is 38.1 Å². The van der Waals surface area contributed by atoms with Gasteiger partial charge in [0, 0.05) is 0 Å². The molecule has 0 spiro atoms. The highest BCUT2D eigenvalue weighted by molar-refractivity contribution is 5.73. The molecule has 0 amide bonds. The molecule has 17 heavy (non-hydrogen) atoms. The lowest BCUT2D eigenvalue weighted by molar-refractivity contribution is 0.156. The molecular formula is C13H15N3O. The minimum atomic E-state index is 0.270. The molecule has 1 aromatic carbocycles. The topological polar surface area (TPSA) is 47.0 Å². The Morgan fingerprint density at radius 3 is 2.71 bits per heavy atom. The summed E-state index contributed by atoms with van der Waals surface area (Å²) in [6, 6.07) is 7.84. The van der Waals surface area contributed by atoms with Crippen LogP contribution >= 0.6 is 0 Å². The zero-order valence-corrected chi connectivity index (χ0v) is 9.60. The molecule has 2 heterocycles. The summed E-state index contributed by atoms with van der Waals surface area (Å²) in [5, 5.41) is 3.31. The molecule has 1 aliphatic rings. The Morgan fingerprint density at radius 2 is 1.88 bits per heavy atom. The van der Waals surface area contributed by atoms with Crippen molar-refractivity contribution in [2.45, 2.75) is 18.9 Å². The number of nitrogens with zero attached hydrogens (tertiary/aromatic N) is 2. The van der Waals surface area contributed by atoms with E-state index in [0.717, 1.165) is 37.0 Å². The van der Waals surface area contributed by atoms with Crippen molar-refractivity contribution in [2.75, 3.05) is 13.1 Å². The fourth-order valence-corrected chi connectivity index (χ4v) is 2.08. The third-order valence-electron chi connectivity index (χ3n) is 3.00. The fraction of sp³-hybridized carbons (Fsp3) is 0.385. The van der Waals surface area contributed by atoms with E-state index in [-0.39, 0.29) is 6.10 Å². The molecule has 0 saturated carbocycles. The number of piperidine rings is 1. The van der Waals surface area contributed by atoms with E-state index in [1.165, 1.54) is 0 Å². The lowest BCUT2D eigenvalue weighted by atomic mass is 10.1. The summed E-state index contributed by atoms with van der Waals surface area (Å²) in [5.74, 6) is 0.635. The van der Waals surface area contributed by atoms with Crippen molar-refractivity contribution in [1.29, 1.82) is 0 Å². The maximum absolute atomic E-state index is 5.85. The molecule has 88 valence electrons. The van der Waals surface area contributed by atoms with Crippen LogP contribution < -0.4 is 10.1 Å². The first-order valence-electron chi connectivity index (χ1n) is 6.01. The summed E-state index contributed by atoms with van der Waals surface area (Å²) in [6.07, 6.45) is 4.06. The van der Waals surface area contributed by atoms with Crippen LogP contribution in [-0.4, -0.2) is 29.2 Å². The fourth-order valence-electron chi connectivity index (χ4n) is 2.08. The van der Waals surface area contributed by atoms with Crippen LogP contribution in [0.5, 0.6) is 5.88 Å². The van der Waals surface area contributed by atoms with Crippen LogP contribution in [0.25, 0.3) is 11.0 Å². The summed E-state index contributed by atoms with van der Waals surface area (Å²) < 4.78 is 5.85. The molecule has 1 aliphatic heterocycles. The number of benzene rings is 1. The Bertz CT molecular complexity index is 509. The molecule has 2 aromatic rings. The molecule has 1 aromatic heterocycles. The number of fused-ring (bicyclic) bond motifs is 1. The van der Waals surface area contributed by atoms with Gasteiger partial charge in [0.25, 0.3) is 0 Å². The summed E-state index contributed by atoms with van der Waals surface area (Å²) in [7, 11) is 0. The quantitative estimate of drug-likeness (QED) is 0.852. The molecule has 0 radical (unpaired) electrons. The lowest BCUT2D eigenvalue weighted by Crippen LogP contribution is -2.34. The third kappa shape index (κ3) is 2.36. The van der Waals surface area contributed by atoms with E-state index in [9.17, 15) is 0 Å². The average Bonchev–Trinajstić information content (AvgIpc) is 2.40. The van der Waals surface area contributed by atoms with Gasteiger partial charge in [-0.3, -0.25) is 0 Å². The van der Waals surface area contributed by atoms with E-state index < -0.39 is 0 Å². The standard InChI is InChI=1S/C13H15N3O/c1-2-4-12-11(3-1)15-9-13(16-12)17-10-5-7-14-8-6-10/h1-4,9-10,14H,5-8H2. The molecule has 1 fully saturated rings. The molecule has 0 bridgehead atoms. The van der Waals surface area contributed by atoms with E-state index in [0.29, 0.717) is 5.88 Å². The van der Waals surface area contributed by atoms with Crippen molar-refractivity contribution < 1.29 is 4.74 Å². The average molecular weight is 229 g/mol. The van der Waals surface area contributed by atoms with Crippen molar-refractivity contribution in [1.82, 2.24) is 15.3 Å². The van der Waals surface area contributed by atoms with Gasteiger partial charge in [0.2, 0.25) is 5.88 Å². The Labute approximate surface area is 100 Å². The van der Waals surface area contributed by atoms with E-state index in [1.807, 2.05) is 24.3 Å². The van der Waals surface area contributed by atoms with Crippen LogP contribution in [0.15, 0.2) is 30.5 Å². The molecule has 1 N–H and O–H groups in total. The zero-order chi connectivity index (χ0) is 11.5. The van der Waals surface area contributed by atoms with Gasteiger partial charge in [-0.25, -0.2) is 9.97 Å². The van der Waals surface area contributed by atoms with Crippen LogP contribution in [-0.2, 0) is 0 Å². The van der Waals surface area contributed by atoms with Gasteiger partial charge in [0.1, 0.15) is 6.10 Å². The van der Waals surface area contributed by atoms with E-state index in [1.54, 1.807) is 6.20 Å². The van der Waals surface area contributed by atoms with Gasteiger partial charge < -0.3 is 10.1 Å². The number of nitrogens with one attached hydrogen (secondary N) is 1. The van der Waals surface area contributed by atoms with Crippen molar-refractivity contribution in [2.24, 2.45) is 0 Å². The highest BCUT2D eigenvalue weighted by Gasteiger charge is 2.15. The first-order chi connectivity index (χ1) is 8.42. The van der Waals surface area contributed by atoms with Crippen LogP contribution in [0.4, 0.5) is 0 Å². The zero-order valence-electron chi connectivity index (χ0n) is 9.60. The Morgan fingerprint density at radius 1 is 1.12 bits per heavy atom. The molecule has 0 aliphatic carbocycles. The van der Waals surface area contributed by atoms with Gasteiger partial charge >= 0.3 is 0 Å². The predicted molar refractivity (Wildman–Crippen MR) is 66.1 cm³/mol. The van der Waals surface area contributed by atoms with Crippen molar-refractivity contribution >= 4 is 11.0 Å². The lowest BCUT2D eigenvalue weighted by Gasteiger charge is -2.23. The van der Waals surface area contributed by atoms with Crippen LogP contribution in [0.1, 0.15) is 12.8 Å². The van der Waals surface area contributed by atoms with Crippen LogP contribution in [0, 0.1) is 0 Å². The highest BCUT2D eigenvalue weighted by Crippen LogP contribution is 2.16. The van der Waals surface area contributed by atoms with E-state index in [4.69, 9.17) is 4.74 Å². The first kappa shape index (κ1) is 10.5. The van der Waals surface area contributed by atoms with Crippen molar-refractivity contribution in [3.05, 3.63) is 30.5 Å².